The Morgan fingerprint density at radius 1 is 1.55 bits per heavy atom. The smallest absolute Gasteiger partial charge is 0.240 e. The summed E-state index contributed by atoms with van der Waals surface area (Å²) in [5.74, 6) is 0.395. The molecule has 1 unspecified atom stereocenters. The normalized spacial score (nSPS) is 19.9. The molecule has 1 saturated heterocycles. The molecule has 1 aliphatic rings. The van der Waals surface area contributed by atoms with Gasteiger partial charge < -0.3 is 5.32 Å². The van der Waals surface area contributed by atoms with Crippen LogP contribution in [0.4, 0.5) is 5.82 Å². The highest BCUT2D eigenvalue weighted by molar-refractivity contribution is 7.89. The molecule has 112 valence electrons. The lowest BCUT2D eigenvalue weighted by Crippen LogP contribution is -2.35. The Hall–Kier alpha value is -1.41. The first-order chi connectivity index (χ1) is 9.44. The second-order valence-electron chi connectivity index (χ2n) is 4.97. The molecule has 2 rings (SSSR count). The van der Waals surface area contributed by atoms with Crippen molar-refractivity contribution in [3.05, 3.63) is 12.3 Å². The van der Waals surface area contributed by atoms with Gasteiger partial charge in [-0.15, -0.1) is 0 Å². The van der Waals surface area contributed by atoms with E-state index >= 15 is 0 Å². The third-order valence-corrected chi connectivity index (χ3v) is 5.37. The third kappa shape index (κ3) is 3.18. The van der Waals surface area contributed by atoms with Gasteiger partial charge in [0.2, 0.25) is 15.9 Å². The number of nitrogens with one attached hydrogen (secondary N) is 1. The molecule has 0 aliphatic carbocycles. The van der Waals surface area contributed by atoms with E-state index in [1.807, 2.05) is 13.8 Å². The van der Waals surface area contributed by atoms with Gasteiger partial charge in [0.1, 0.15) is 5.82 Å². The summed E-state index contributed by atoms with van der Waals surface area (Å²) in [7, 11) is -3.24. The van der Waals surface area contributed by atoms with E-state index in [4.69, 9.17) is 0 Å². The van der Waals surface area contributed by atoms with Crippen molar-refractivity contribution in [1.29, 1.82) is 0 Å². The Balaban J connectivity index is 2.00. The van der Waals surface area contributed by atoms with Gasteiger partial charge in [0.15, 0.2) is 0 Å². The van der Waals surface area contributed by atoms with Crippen molar-refractivity contribution >= 4 is 21.7 Å². The van der Waals surface area contributed by atoms with Crippen molar-refractivity contribution < 1.29 is 13.2 Å². The SMILES string of the molecule is CCC(C)n1nccc1NC(=O)CN1CCCS1(=O)=O. The quantitative estimate of drug-likeness (QED) is 0.873. The summed E-state index contributed by atoms with van der Waals surface area (Å²) in [4.78, 5) is 12.0. The number of hydrogen-bond acceptors (Lipinski definition) is 4. The number of rotatable bonds is 5. The Labute approximate surface area is 119 Å². The average molecular weight is 300 g/mol. The van der Waals surface area contributed by atoms with Crippen LogP contribution >= 0.6 is 0 Å². The molecule has 1 N–H and O–H groups in total. The fourth-order valence-corrected chi connectivity index (χ4v) is 3.62. The average Bonchev–Trinajstić information content (AvgIpc) is 2.96. The standard InChI is InChI=1S/C12H20N4O3S/c1-3-10(2)16-11(5-6-13-16)14-12(17)9-15-7-4-8-20(15,18)19/h5-6,10H,3-4,7-9H2,1-2H3,(H,14,17). The lowest BCUT2D eigenvalue weighted by Gasteiger charge is -2.16. The topological polar surface area (TPSA) is 84.3 Å². The highest BCUT2D eigenvalue weighted by Gasteiger charge is 2.30. The monoisotopic (exact) mass is 300 g/mol. The first-order valence-corrected chi connectivity index (χ1v) is 8.36. The van der Waals surface area contributed by atoms with Gasteiger partial charge >= 0.3 is 0 Å². The zero-order valence-electron chi connectivity index (χ0n) is 11.7. The van der Waals surface area contributed by atoms with E-state index in [9.17, 15) is 13.2 Å². The maximum absolute atomic E-state index is 12.0. The van der Waals surface area contributed by atoms with Crippen LogP contribution in [0.2, 0.25) is 0 Å². The molecule has 1 amide bonds. The Bertz CT molecular complexity index is 581. The number of aromatic nitrogens is 2. The predicted molar refractivity (Wildman–Crippen MR) is 75.8 cm³/mol. The fourth-order valence-electron chi connectivity index (χ4n) is 2.15. The van der Waals surface area contributed by atoms with Gasteiger partial charge in [0.05, 0.1) is 24.5 Å². The second-order valence-corrected chi connectivity index (χ2v) is 7.06. The Morgan fingerprint density at radius 2 is 2.30 bits per heavy atom. The van der Waals surface area contributed by atoms with Gasteiger partial charge in [0, 0.05) is 12.6 Å². The van der Waals surface area contributed by atoms with Gasteiger partial charge in [-0.25, -0.2) is 13.1 Å². The molecule has 1 aromatic rings. The van der Waals surface area contributed by atoms with Crippen LogP contribution in [0.15, 0.2) is 12.3 Å². The minimum absolute atomic E-state index is 0.130. The Morgan fingerprint density at radius 3 is 2.90 bits per heavy atom. The van der Waals surface area contributed by atoms with Crippen LogP contribution in [0.1, 0.15) is 32.7 Å². The maximum atomic E-state index is 12.0. The molecular formula is C12H20N4O3S. The summed E-state index contributed by atoms with van der Waals surface area (Å²) in [6.45, 7) is 4.33. The third-order valence-electron chi connectivity index (χ3n) is 3.47. The van der Waals surface area contributed by atoms with E-state index in [0.29, 0.717) is 18.8 Å². The van der Waals surface area contributed by atoms with Crippen LogP contribution in [0.25, 0.3) is 0 Å². The van der Waals surface area contributed by atoms with Gasteiger partial charge in [-0.2, -0.15) is 9.40 Å². The molecule has 8 heteroatoms. The highest BCUT2D eigenvalue weighted by atomic mass is 32.2. The summed E-state index contributed by atoms with van der Waals surface area (Å²) < 4.78 is 26.3. The molecule has 2 heterocycles. The highest BCUT2D eigenvalue weighted by Crippen LogP contribution is 2.17. The lowest BCUT2D eigenvalue weighted by molar-refractivity contribution is -0.116. The fraction of sp³-hybridized carbons (Fsp3) is 0.667. The zero-order valence-corrected chi connectivity index (χ0v) is 12.6. The van der Waals surface area contributed by atoms with Gasteiger partial charge in [-0.3, -0.25) is 4.79 Å². The van der Waals surface area contributed by atoms with E-state index in [-0.39, 0.29) is 24.2 Å². The summed E-state index contributed by atoms with van der Waals surface area (Å²) in [5, 5.41) is 6.90. The van der Waals surface area contributed by atoms with Crippen LogP contribution in [0.3, 0.4) is 0 Å². The predicted octanol–water partition coefficient (Wildman–Crippen LogP) is 0.828. The van der Waals surface area contributed by atoms with E-state index in [0.717, 1.165) is 6.42 Å². The van der Waals surface area contributed by atoms with Crippen LogP contribution in [-0.4, -0.2) is 47.3 Å². The van der Waals surface area contributed by atoms with E-state index < -0.39 is 10.0 Å². The number of nitrogens with zero attached hydrogens (tertiary/aromatic N) is 3. The first kappa shape index (κ1) is 15.0. The van der Waals surface area contributed by atoms with Crippen LogP contribution < -0.4 is 5.32 Å². The number of hydrogen-bond donors (Lipinski definition) is 1. The molecule has 1 fully saturated rings. The first-order valence-electron chi connectivity index (χ1n) is 6.75. The van der Waals surface area contributed by atoms with Gasteiger partial charge in [-0.1, -0.05) is 6.92 Å². The zero-order chi connectivity index (χ0) is 14.8. The van der Waals surface area contributed by atoms with Crippen molar-refractivity contribution in [3.63, 3.8) is 0 Å². The summed E-state index contributed by atoms with van der Waals surface area (Å²) in [6.07, 6.45) is 3.10. The van der Waals surface area contributed by atoms with E-state index in [1.54, 1.807) is 16.9 Å². The second kappa shape index (κ2) is 5.92. The van der Waals surface area contributed by atoms with Gasteiger partial charge in [-0.05, 0) is 19.8 Å². The lowest BCUT2D eigenvalue weighted by atomic mass is 10.3. The molecule has 1 aromatic heterocycles. The van der Waals surface area contributed by atoms with E-state index in [1.165, 1.54) is 4.31 Å². The minimum atomic E-state index is -3.24. The number of amides is 1. The van der Waals surface area contributed by atoms with Crippen LogP contribution in [0.5, 0.6) is 0 Å². The largest absolute Gasteiger partial charge is 0.310 e. The summed E-state index contributed by atoms with van der Waals surface area (Å²) in [5.41, 5.74) is 0. The molecule has 1 aliphatic heterocycles. The van der Waals surface area contributed by atoms with Crippen molar-refractivity contribution in [2.75, 3.05) is 24.2 Å². The molecule has 1 atom stereocenters. The van der Waals surface area contributed by atoms with Crippen molar-refractivity contribution in [3.8, 4) is 0 Å². The van der Waals surface area contributed by atoms with Crippen LogP contribution in [0, 0.1) is 0 Å². The molecule has 7 nitrogen and oxygen atoms in total. The maximum Gasteiger partial charge on any atom is 0.240 e. The molecule has 0 bridgehead atoms. The number of anilines is 1. The molecule has 0 saturated carbocycles. The van der Waals surface area contributed by atoms with Crippen molar-refractivity contribution in [2.24, 2.45) is 0 Å². The van der Waals surface area contributed by atoms with Gasteiger partial charge in [0.25, 0.3) is 0 Å². The van der Waals surface area contributed by atoms with Crippen molar-refractivity contribution in [2.45, 2.75) is 32.7 Å². The summed E-state index contributed by atoms with van der Waals surface area (Å²) in [6, 6.07) is 1.89. The number of carbonyl (C=O) groups is 1. The number of sulfonamides is 1. The molecule has 0 aromatic carbocycles. The van der Waals surface area contributed by atoms with E-state index in [2.05, 4.69) is 10.4 Å². The molecule has 20 heavy (non-hydrogen) atoms. The Kier molecular flexibility index (Phi) is 4.44. The summed E-state index contributed by atoms with van der Waals surface area (Å²) >= 11 is 0. The number of carbonyl (C=O) groups excluding carboxylic acids is 1. The minimum Gasteiger partial charge on any atom is -0.310 e. The molecule has 0 radical (unpaired) electrons. The molecule has 0 spiro atoms. The molecular weight excluding hydrogens is 280 g/mol. The van der Waals surface area contributed by atoms with Crippen molar-refractivity contribution in [1.82, 2.24) is 14.1 Å². The van der Waals surface area contributed by atoms with Crippen LogP contribution in [-0.2, 0) is 14.8 Å².